The Morgan fingerprint density at radius 3 is 1.09 bits per heavy atom. The Hall–Kier alpha value is -10.5. The maximum Gasteiger partial charge on any atom is 0.434 e. The molecule has 15 heterocycles. The van der Waals surface area contributed by atoms with Gasteiger partial charge in [-0.3, -0.25) is 13.2 Å². The van der Waals surface area contributed by atoms with Crippen molar-refractivity contribution in [3.8, 4) is 34.6 Å². The molecule has 24 nitrogen and oxygen atoms in total. The van der Waals surface area contributed by atoms with E-state index < -0.39 is 35.6 Å². The Labute approximate surface area is 502 Å². The van der Waals surface area contributed by atoms with Crippen molar-refractivity contribution in [2.45, 2.75) is 74.8 Å². The van der Waals surface area contributed by atoms with Crippen molar-refractivity contribution in [3.63, 3.8) is 0 Å². The van der Waals surface area contributed by atoms with E-state index in [0.717, 1.165) is 150 Å². The topological polar surface area (TPSA) is 264 Å². The third kappa shape index (κ3) is 12.5. The molecule has 3 aliphatic rings. The first-order valence-electron chi connectivity index (χ1n) is 28.4. The Morgan fingerprint density at radius 2 is 0.756 bits per heavy atom. The highest BCUT2D eigenvalue weighted by Crippen LogP contribution is 2.35. The smallest absolute Gasteiger partial charge is 0.356 e. The monoisotopic (exact) mass is 1240 g/mol. The van der Waals surface area contributed by atoms with Crippen LogP contribution in [0.15, 0.2) is 130 Å². The van der Waals surface area contributed by atoms with Crippen LogP contribution in [0.1, 0.15) is 90.6 Å². The fourth-order valence-electron chi connectivity index (χ4n) is 11.3. The first kappa shape index (κ1) is 58.5. The third-order valence-corrected chi connectivity index (χ3v) is 15.7. The molecule has 12 aromatic heterocycles. The molecular formula is C57H51F9N24. The van der Waals surface area contributed by atoms with Crippen molar-refractivity contribution < 1.29 is 39.5 Å². The Morgan fingerprint density at radius 1 is 0.389 bits per heavy atom. The highest BCUT2D eigenvalue weighted by Gasteiger charge is 2.36. The first-order chi connectivity index (χ1) is 43.5. The van der Waals surface area contributed by atoms with Crippen molar-refractivity contribution in [2.75, 3.05) is 54.0 Å². The molecule has 3 saturated heterocycles. The van der Waals surface area contributed by atoms with E-state index in [1.807, 2.05) is 30.7 Å². The molecule has 0 spiro atoms. The van der Waals surface area contributed by atoms with Gasteiger partial charge < -0.3 is 29.7 Å². The number of halogens is 9. The van der Waals surface area contributed by atoms with Crippen LogP contribution >= 0.6 is 0 Å². The van der Waals surface area contributed by atoms with Gasteiger partial charge in [-0.15, -0.1) is 0 Å². The van der Waals surface area contributed by atoms with E-state index in [-0.39, 0.29) is 5.92 Å². The van der Waals surface area contributed by atoms with E-state index in [1.54, 1.807) is 43.5 Å². The summed E-state index contributed by atoms with van der Waals surface area (Å²) in [6.07, 6.45) is 18.3. The van der Waals surface area contributed by atoms with Crippen molar-refractivity contribution >= 4 is 34.4 Å². The van der Waals surface area contributed by atoms with Crippen molar-refractivity contribution in [3.05, 3.63) is 164 Å². The zero-order valence-corrected chi connectivity index (χ0v) is 47.1. The molecule has 0 aliphatic carbocycles. The van der Waals surface area contributed by atoms with Crippen LogP contribution in [0.25, 0.3) is 51.5 Å². The number of aromatic nitrogens is 21. The summed E-state index contributed by atoms with van der Waals surface area (Å²) in [5, 5.41) is 0. The van der Waals surface area contributed by atoms with E-state index in [9.17, 15) is 39.5 Å². The van der Waals surface area contributed by atoms with Crippen LogP contribution in [-0.4, -0.2) is 142 Å². The molecule has 3 aliphatic heterocycles. The second kappa shape index (κ2) is 24.2. The van der Waals surface area contributed by atoms with Gasteiger partial charge in [0.1, 0.15) is 40.4 Å². The molecule has 0 aromatic carbocycles. The molecule has 33 heteroatoms. The molecule has 3 fully saturated rings. The number of H-pyrrole nitrogens is 3. The predicted molar refractivity (Wildman–Crippen MR) is 305 cm³/mol. The Kier molecular flexibility index (Phi) is 15.8. The van der Waals surface area contributed by atoms with Gasteiger partial charge >= 0.3 is 18.5 Å². The van der Waals surface area contributed by atoms with Gasteiger partial charge in [0.2, 0.25) is 0 Å². The molecule has 90 heavy (non-hydrogen) atoms. The maximum absolute atomic E-state index is 13.1. The maximum atomic E-state index is 13.1. The number of hydrogen-bond acceptors (Lipinski definition) is 18. The van der Waals surface area contributed by atoms with Crippen molar-refractivity contribution in [1.29, 1.82) is 0 Å². The summed E-state index contributed by atoms with van der Waals surface area (Å²) in [5.41, 5.74) is 1.20. The number of fused-ring (bicyclic) bond motifs is 3. The number of piperidine rings is 3. The lowest BCUT2D eigenvalue weighted by atomic mass is 9.95. The van der Waals surface area contributed by atoms with Crippen LogP contribution in [0.3, 0.4) is 0 Å². The van der Waals surface area contributed by atoms with Gasteiger partial charge in [0.05, 0.1) is 49.8 Å². The number of aromatic amines is 3. The minimum absolute atomic E-state index is 0.267. The predicted octanol–water partition coefficient (Wildman–Crippen LogP) is 9.94. The molecule has 3 atom stereocenters. The third-order valence-electron chi connectivity index (χ3n) is 15.7. The quantitative estimate of drug-likeness (QED) is 0.113. The molecule has 462 valence electrons. The van der Waals surface area contributed by atoms with Crippen molar-refractivity contribution in [2.24, 2.45) is 0 Å². The summed E-state index contributed by atoms with van der Waals surface area (Å²) in [7, 11) is 0. The molecule has 12 aromatic rings. The van der Waals surface area contributed by atoms with Gasteiger partial charge in [-0.05, 0) is 56.7 Å². The summed E-state index contributed by atoms with van der Waals surface area (Å²) in [5.74, 6) is 4.94. The zero-order valence-electron chi connectivity index (χ0n) is 47.1. The number of imidazole rings is 6. The summed E-state index contributed by atoms with van der Waals surface area (Å²) < 4.78 is 122. The minimum Gasteiger partial charge on any atom is -0.356 e. The lowest BCUT2D eigenvalue weighted by Crippen LogP contribution is -2.35. The molecule has 3 N–H and O–H groups in total. The number of rotatable bonds is 9. The molecule has 0 amide bonds. The number of anilines is 3. The van der Waals surface area contributed by atoms with E-state index in [2.05, 4.69) is 104 Å². The Bertz CT molecular complexity index is 3950. The zero-order chi connectivity index (χ0) is 62.2. The highest BCUT2D eigenvalue weighted by molar-refractivity contribution is 5.61. The summed E-state index contributed by atoms with van der Waals surface area (Å²) in [6, 6.07) is 5.43. The van der Waals surface area contributed by atoms with E-state index in [0.29, 0.717) is 63.3 Å². The van der Waals surface area contributed by atoms with Crippen LogP contribution in [0, 0.1) is 0 Å². The van der Waals surface area contributed by atoms with Crippen LogP contribution < -0.4 is 14.7 Å². The van der Waals surface area contributed by atoms with E-state index >= 15 is 0 Å². The molecule has 0 saturated carbocycles. The van der Waals surface area contributed by atoms with E-state index in [4.69, 9.17) is 0 Å². The fraction of sp³-hybridized carbons (Fsp3) is 0.316. The SMILES string of the molecule is FC(F)(F)c1cn2c(-c3nccc(N4CCCC(c5ncc[nH]5)C4)n3)cnc2cn1.FC(F)(F)c1cn2c(-c3nccc(N4CCC[C@@H](c5cnc[nH]5)C4)n3)cnc2cn1.FC(F)(F)c1cn2c(-c3nccc(N4CCC[C@H](c5cnc[nH]5)C4)n3)cnc2cn1. The standard InChI is InChI=1S/3C19H17F3N8/c20-19(21,22)14-11-30-13(8-27-16(30)9-26-14)18-23-4-3-15(28-18)29-7-1-2-12(10-29)17-24-5-6-25-17;2*20-19(21,22)15-10-30-14(7-26-17(30)8-25-15)18-24-4-3-16(28-18)29-5-1-2-12(9-29)13-6-23-11-27-13/h3-6,8-9,11-12H,1-2,7,10H2,(H,24,25);2*3-4,6-8,10-12H,1-2,5,9H2,(H,23,27)/t;2*12-/m.10/s1. The average molecular weight is 1240 g/mol. The van der Waals surface area contributed by atoms with Crippen LogP contribution in [0.2, 0.25) is 0 Å². The van der Waals surface area contributed by atoms with Gasteiger partial charge in [0.15, 0.2) is 51.5 Å². The van der Waals surface area contributed by atoms with Gasteiger partial charge in [-0.2, -0.15) is 39.5 Å². The molecular weight excluding hydrogens is 1190 g/mol. The second-order valence-electron chi connectivity index (χ2n) is 21.5. The van der Waals surface area contributed by atoms with Crippen LogP contribution in [0.4, 0.5) is 57.0 Å². The lowest BCUT2D eigenvalue weighted by molar-refractivity contribution is -0.142. The Balaban J connectivity index is 0.000000124. The molecule has 0 bridgehead atoms. The summed E-state index contributed by atoms with van der Waals surface area (Å²) in [4.78, 5) is 78.0. The van der Waals surface area contributed by atoms with E-state index in [1.165, 1.54) is 31.8 Å². The highest BCUT2D eigenvalue weighted by atomic mass is 19.4. The van der Waals surface area contributed by atoms with Gasteiger partial charge in [-0.25, -0.2) is 74.8 Å². The number of alkyl halides is 9. The van der Waals surface area contributed by atoms with Gasteiger partial charge in [-0.1, -0.05) is 0 Å². The fourth-order valence-corrected chi connectivity index (χ4v) is 11.3. The average Bonchev–Trinajstić information content (AvgIpc) is 1.84. The van der Waals surface area contributed by atoms with Gasteiger partial charge in [0.25, 0.3) is 0 Å². The second-order valence-corrected chi connectivity index (χ2v) is 21.5. The first-order valence-corrected chi connectivity index (χ1v) is 28.4. The number of hydrogen-bond donors (Lipinski definition) is 3. The lowest BCUT2D eigenvalue weighted by Gasteiger charge is -2.33. The normalized spacial score (nSPS) is 17.6. The number of nitrogens with one attached hydrogen (secondary N) is 3. The minimum atomic E-state index is -4.55. The van der Waals surface area contributed by atoms with Crippen LogP contribution in [-0.2, 0) is 18.5 Å². The molecule has 0 radical (unpaired) electrons. The molecule has 15 rings (SSSR count). The largest absolute Gasteiger partial charge is 0.434 e. The van der Waals surface area contributed by atoms with Crippen molar-refractivity contribution in [1.82, 2.24) is 103 Å². The van der Waals surface area contributed by atoms with Crippen LogP contribution in [0.5, 0.6) is 0 Å². The molecule has 1 unspecified atom stereocenters. The summed E-state index contributed by atoms with van der Waals surface area (Å²) >= 11 is 0. The number of nitrogens with zero attached hydrogens (tertiary/aromatic N) is 21. The van der Waals surface area contributed by atoms with Gasteiger partial charge in [0, 0.05) is 130 Å². The summed E-state index contributed by atoms with van der Waals surface area (Å²) in [6.45, 7) is 4.82.